The molecule has 0 saturated heterocycles. The monoisotopic (exact) mass is 319 g/mol. The highest BCUT2D eigenvalue weighted by atomic mass is 32.1. The quantitative estimate of drug-likeness (QED) is 0.812. The number of primary amides is 1. The van der Waals surface area contributed by atoms with Gasteiger partial charge in [0, 0.05) is 5.38 Å². The topological polar surface area (TPSA) is 94.3 Å². The van der Waals surface area contributed by atoms with Crippen LogP contribution in [0.3, 0.4) is 0 Å². The zero-order valence-corrected chi connectivity index (χ0v) is 12.9. The van der Waals surface area contributed by atoms with Gasteiger partial charge in [0.05, 0.1) is 18.7 Å². The molecule has 0 spiro atoms. The van der Waals surface area contributed by atoms with Gasteiger partial charge in [-0.15, -0.1) is 11.3 Å². The van der Waals surface area contributed by atoms with Crippen LogP contribution in [-0.4, -0.2) is 22.9 Å². The number of nitrogens with one attached hydrogen (secondary N) is 1. The first-order valence-electron chi connectivity index (χ1n) is 6.73. The lowest BCUT2D eigenvalue weighted by molar-refractivity contribution is -0.127. The van der Waals surface area contributed by atoms with Crippen molar-refractivity contribution in [2.24, 2.45) is 5.73 Å². The summed E-state index contributed by atoms with van der Waals surface area (Å²) in [5, 5.41) is 4.78. The van der Waals surface area contributed by atoms with Crippen molar-refractivity contribution < 1.29 is 14.3 Å². The number of carbonyl (C=O) groups is 2. The van der Waals surface area contributed by atoms with Crippen molar-refractivity contribution in [3.63, 3.8) is 0 Å². The highest BCUT2D eigenvalue weighted by molar-refractivity contribution is 7.13. The second-order valence-electron chi connectivity index (χ2n) is 4.72. The van der Waals surface area contributed by atoms with E-state index in [9.17, 15) is 9.59 Å². The number of amides is 2. The summed E-state index contributed by atoms with van der Waals surface area (Å²) in [5.41, 5.74) is 6.64. The van der Waals surface area contributed by atoms with E-state index in [1.165, 1.54) is 11.3 Å². The molecular weight excluding hydrogens is 302 g/mol. The Balaban J connectivity index is 1.83. The van der Waals surface area contributed by atoms with E-state index in [0.29, 0.717) is 17.4 Å². The fourth-order valence-electron chi connectivity index (χ4n) is 1.70. The second kappa shape index (κ2) is 7.67. The third kappa shape index (κ3) is 4.94. The molecule has 2 rings (SSSR count). The smallest absolute Gasteiger partial charge is 0.255 e. The van der Waals surface area contributed by atoms with Crippen LogP contribution in [0.25, 0.3) is 0 Å². The molecule has 0 fully saturated rings. The molecule has 6 nitrogen and oxygen atoms in total. The molecule has 1 aromatic heterocycles. The molecule has 116 valence electrons. The molecule has 1 heterocycles. The number of hydrogen-bond acceptors (Lipinski definition) is 5. The van der Waals surface area contributed by atoms with Gasteiger partial charge < -0.3 is 10.5 Å². The Morgan fingerprint density at radius 3 is 2.77 bits per heavy atom. The number of hydrogen-bond donors (Lipinski definition) is 2. The molecule has 0 bridgehead atoms. The standard InChI is InChI=1S/C15H17N3O3S/c1-10(21-8-11-5-3-2-4-6-11)14(20)18-15-17-12(9-22-15)7-13(16)19/h2-6,9-10H,7-8H2,1H3,(H2,16,19)(H,17,18,20)/t10-/m1/s1. The van der Waals surface area contributed by atoms with Crippen LogP contribution in [0.5, 0.6) is 0 Å². The summed E-state index contributed by atoms with van der Waals surface area (Å²) in [6, 6.07) is 9.62. The maximum Gasteiger partial charge on any atom is 0.255 e. The number of ether oxygens (including phenoxy) is 1. The molecule has 3 N–H and O–H groups in total. The van der Waals surface area contributed by atoms with E-state index in [1.54, 1.807) is 12.3 Å². The Hall–Kier alpha value is -2.25. The van der Waals surface area contributed by atoms with Gasteiger partial charge in [-0.05, 0) is 12.5 Å². The van der Waals surface area contributed by atoms with Crippen molar-refractivity contribution in [1.29, 1.82) is 0 Å². The molecule has 0 aliphatic rings. The molecule has 7 heteroatoms. The molecule has 2 amide bonds. The van der Waals surface area contributed by atoms with Crippen LogP contribution in [0.15, 0.2) is 35.7 Å². The van der Waals surface area contributed by atoms with Gasteiger partial charge >= 0.3 is 0 Å². The Bertz CT molecular complexity index is 642. The molecule has 0 aliphatic heterocycles. The summed E-state index contributed by atoms with van der Waals surface area (Å²) in [7, 11) is 0. The minimum Gasteiger partial charge on any atom is -0.369 e. The average Bonchev–Trinajstić information content (AvgIpc) is 2.92. The van der Waals surface area contributed by atoms with Gasteiger partial charge in [0.25, 0.3) is 5.91 Å². The van der Waals surface area contributed by atoms with E-state index in [-0.39, 0.29) is 12.3 Å². The summed E-state index contributed by atoms with van der Waals surface area (Å²) < 4.78 is 5.52. The van der Waals surface area contributed by atoms with Crippen molar-refractivity contribution in [2.75, 3.05) is 5.32 Å². The predicted octanol–water partition coefficient (Wildman–Crippen LogP) is 1.71. The van der Waals surface area contributed by atoms with Crippen molar-refractivity contribution >= 4 is 28.3 Å². The zero-order chi connectivity index (χ0) is 15.9. The number of nitrogens with zero attached hydrogens (tertiary/aromatic N) is 1. The first-order valence-corrected chi connectivity index (χ1v) is 7.61. The fourth-order valence-corrected chi connectivity index (χ4v) is 2.42. The molecule has 0 radical (unpaired) electrons. The van der Waals surface area contributed by atoms with E-state index in [2.05, 4.69) is 10.3 Å². The maximum atomic E-state index is 12.0. The second-order valence-corrected chi connectivity index (χ2v) is 5.57. The third-order valence-corrected chi connectivity index (χ3v) is 3.66. The summed E-state index contributed by atoms with van der Waals surface area (Å²) in [4.78, 5) is 26.9. The molecule has 0 unspecified atom stereocenters. The van der Waals surface area contributed by atoms with E-state index in [1.807, 2.05) is 30.3 Å². The van der Waals surface area contributed by atoms with Crippen LogP contribution < -0.4 is 11.1 Å². The van der Waals surface area contributed by atoms with E-state index in [0.717, 1.165) is 5.56 Å². The van der Waals surface area contributed by atoms with Gasteiger partial charge in [0.2, 0.25) is 5.91 Å². The van der Waals surface area contributed by atoms with Crippen LogP contribution in [0.4, 0.5) is 5.13 Å². The first kappa shape index (κ1) is 16.1. The molecule has 0 saturated carbocycles. The minimum absolute atomic E-state index is 0.0619. The average molecular weight is 319 g/mol. The van der Waals surface area contributed by atoms with Crippen LogP contribution in [0.1, 0.15) is 18.2 Å². The molecule has 22 heavy (non-hydrogen) atoms. The van der Waals surface area contributed by atoms with Crippen LogP contribution in [-0.2, 0) is 27.4 Å². The van der Waals surface area contributed by atoms with Crippen LogP contribution in [0.2, 0.25) is 0 Å². The number of benzene rings is 1. The molecule has 2 aromatic rings. The molecule has 0 aliphatic carbocycles. The lowest BCUT2D eigenvalue weighted by atomic mass is 10.2. The largest absolute Gasteiger partial charge is 0.369 e. The highest BCUT2D eigenvalue weighted by Gasteiger charge is 2.15. The van der Waals surface area contributed by atoms with Gasteiger partial charge in [0.1, 0.15) is 6.10 Å². The lowest BCUT2D eigenvalue weighted by Gasteiger charge is -2.12. The Labute approximate surface area is 132 Å². The summed E-state index contributed by atoms with van der Waals surface area (Å²) >= 11 is 1.25. The van der Waals surface area contributed by atoms with Gasteiger partial charge in [-0.2, -0.15) is 0 Å². The minimum atomic E-state index is -0.608. The highest BCUT2D eigenvalue weighted by Crippen LogP contribution is 2.16. The van der Waals surface area contributed by atoms with E-state index < -0.39 is 12.0 Å². The van der Waals surface area contributed by atoms with Gasteiger partial charge in [-0.3, -0.25) is 14.9 Å². The third-order valence-electron chi connectivity index (χ3n) is 2.85. The summed E-state index contributed by atoms with van der Waals surface area (Å²) in [6.45, 7) is 2.04. The Morgan fingerprint density at radius 1 is 1.36 bits per heavy atom. The van der Waals surface area contributed by atoms with Gasteiger partial charge in [0.15, 0.2) is 5.13 Å². The van der Waals surface area contributed by atoms with Crippen LogP contribution in [0, 0.1) is 0 Å². The molecular formula is C15H17N3O3S. The van der Waals surface area contributed by atoms with Crippen molar-refractivity contribution in [3.8, 4) is 0 Å². The number of anilines is 1. The van der Waals surface area contributed by atoms with Gasteiger partial charge in [-0.1, -0.05) is 30.3 Å². The predicted molar refractivity (Wildman–Crippen MR) is 84.3 cm³/mol. The fraction of sp³-hybridized carbons (Fsp3) is 0.267. The first-order chi connectivity index (χ1) is 10.5. The van der Waals surface area contributed by atoms with E-state index >= 15 is 0 Å². The lowest BCUT2D eigenvalue weighted by Crippen LogP contribution is -2.27. The zero-order valence-electron chi connectivity index (χ0n) is 12.1. The number of carbonyl (C=O) groups excluding carboxylic acids is 2. The molecule has 1 aromatic carbocycles. The van der Waals surface area contributed by atoms with Crippen molar-refractivity contribution in [1.82, 2.24) is 4.98 Å². The number of rotatable bonds is 7. The van der Waals surface area contributed by atoms with Crippen LogP contribution >= 0.6 is 11.3 Å². The summed E-state index contributed by atoms with van der Waals surface area (Å²) in [5.74, 6) is -0.737. The number of aromatic nitrogens is 1. The Kier molecular flexibility index (Phi) is 5.62. The summed E-state index contributed by atoms with van der Waals surface area (Å²) in [6.07, 6.45) is -0.546. The number of thiazole rings is 1. The van der Waals surface area contributed by atoms with Gasteiger partial charge in [-0.25, -0.2) is 4.98 Å². The maximum absolute atomic E-state index is 12.0. The Morgan fingerprint density at radius 2 is 2.09 bits per heavy atom. The SMILES string of the molecule is C[C@@H](OCc1ccccc1)C(=O)Nc1nc(CC(N)=O)cs1. The normalized spacial score (nSPS) is 11.9. The van der Waals surface area contributed by atoms with Crippen molar-refractivity contribution in [2.45, 2.75) is 26.1 Å². The van der Waals surface area contributed by atoms with E-state index in [4.69, 9.17) is 10.5 Å². The van der Waals surface area contributed by atoms with Crippen molar-refractivity contribution in [3.05, 3.63) is 47.0 Å². The molecule has 1 atom stereocenters. The number of nitrogens with two attached hydrogens (primary N) is 1.